The summed E-state index contributed by atoms with van der Waals surface area (Å²) in [6.45, 7) is 0. The lowest BCUT2D eigenvalue weighted by Gasteiger charge is -2.08. The molecule has 0 aliphatic carbocycles. The molecule has 0 amide bonds. The minimum Gasteiger partial charge on any atom is -0.494 e. The fourth-order valence-electron chi connectivity index (χ4n) is 0.810. The van der Waals surface area contributed by atoms with E-state index in [1.807, 2.05) is 0 Å². The van der Waals surface area contributed by atoms with E-state index < -0.39 is 17.3 Å². The molecule has 0 aliphatic heterocycles. The first-order chi connectivity index (χ1) is 6.07. The summed E-state index contributed by atoms with van der Waals surface area (Å²) >= 11 is 2.33. The van der Waals surface area contributed by atoms with Crippen LogP contribution in [0.3, 0.4) is 0 Å². The van der Waals surface area contributed by atoms with Crippen LogP contribution in [0.5, 0.6) is 5.75 Å². The van der Waals surface area contributed by atoms with Crippen LogP contribution in [0.2, 0.25) is 0 Å². The number of methoxy groups -OCH3 is 1. The van der Waals surface area contributed by atoms with Crippen molar-refractivity contribution in [2.45, 2.75) is 0 Å². The average molecular weight is 256 g/mol. The van der Waals surface area contributed by atoms with Gasteiger partial charge in [0.15, 0.2) is 11.6 Å². The molecule has 0 aliphatic rings. The van der Waals surface area contributed by atoms with Crippen LogP contribution in [0.1, 0.15) is 0 Å². The van der Waals surface area contributed by atoms with Crippen LogP contribution >= 0.6 is 16.1 Å². The molecule has 0 atom stereocenters. The zero-order chi connectivity index (χ0) is 10.0. The standard InChI is InChI=1S/C7H5BrF3NO/c1-13-5-3-2-4(12(8)11)6(9)7(5)10/h2-3H,1H3. The van der Waals surface area contributed by atoms with Crippen LogP contribution in [0, 0.1) is 11.6 Å². The second kappa shape index (κ2) is 3.87. The lowest BCUT2D eigenvalue weighted by atomic mass is 10.3. The predicted molar refractivity (Wildman–Crippen MR) is 45.4 cm³/mol. The van der Waals surface area contributed by atoms with Crippen LogP contribution < -0.4 is 8.88 Å². The van der Waals surface area contributed by atoms with E-state index >= 15 is 0 Å². The molecule has 0 saturated carbocycles. The molecule has 72 valence electrons. The molecule has 0 heterocycles. The lowest BCUT2D eigenvalue weighted by molar-refractivity contribution is 0.371. The van der Waals surface area contributed by atoms with Gasteiger partial charge >= 0.3 is 0 Å². The van der Waals surface area contributed by atoms with Gasteiger partial charge < -0.3 is 4.74 Å². The van der Waals surface area contributed by atoms with Crippen molar-refractivity contribution >= 4 is 21.8 Å². The Bertz CT molecular complexity index is 319. The van der Waals surface area contributed by atoms with Crippen molar-refractivity contribution in [3.63, 3.8) is 0 Å². The van der Waals surface area contributed by atoms with Crippen molar-refractivity contribution in [1.29, 1.82) is 0 Å². The van der Waals surface area contributed by atoms with Crippen LogP contribution in [0.25, 0.3) is 0 Å². The van der Waals surface area contributed by atoms with Gasteiger partial charge in [0.2, 0.25) is 5.82 Å². The molecule has 0 unspecified atom stereocenters. The quantitative estimate of drug-likeness (QED) is 0.754. The van der Waals surface area contributed by atoms with Gasteiger partial charge in [-0.25, -0.2) is 4.39 Å². The summed E-state index contributed by atoms with van der Waals surface area (Å²) in [5.74, 6) is -2.79. The SMILES string of the molecule is COc1ccc(N(F)Br)c(F)c1F. The zero-order valence-corrected chi connectivity index (χ0v) is 8.11. The first-order valence-corrected chi connectivity index (χ1v) is 3.92. The highest BCUT2D eigenvalue weighted by atomic mass is 79.9. The number of hydrogen-bond donors (Lipinski definition) is 0. The Morgan fingerprint density at radius 1 is 1.31 bits per heavy atom. The van der Waals surface area contributed by atoms with E-state index in [0.717, 1.165) is 12.1 Å². The minimum absolute atomic E-state index is 0.190. The summed E-state index contributed by atoms with van der Waals surface area (Å²) in [6, 6.07) is 2.17. The molecule has 2 nitrogen and oxygen atoms in total. The summed E-state index contributed by atoms with van der Waals surface area (Å²) < 4.78 is 42.6. The Kier molecular flexibility index (Phi) is 3.02. The summed E-state index contributed by atoms with van der Waals surface area (Å²) in [4.78, 5) is 0. The summed E-state index contributed by atoms with van der Waals surface area (Å²) in [6.07, 6.45) is 0. The Labute approximate surface area is 81.2 Å². The lowest BCUT2D eigenvalue weighted by Crippen LogP contribution is -2.00. The van der Waals surface area contributed by atoms with Gasteiger partial charge in [-0.15, -0.1) is 4.15 Å². The second-order valence-corrected chi connectivity index (χ2v) is 2.77. The first kappa shape index (κ1) is 10.2. The number of benzene rings is 1. The molecule has 0 spiro atoms. The van der Waals surface area contributed by atoms with Gasteiger partial charge in [-0.3, -0.25) is 0 Å². The van der Waals surface area contributed by atoms with E-state index in [2.05, 4.69) is 20.9 Å². The highest BCUT2D eigenvalue weighted by molar-refractivity contribution is 9.10. The number of ether oxygens (including phenoxy) is 1. The van der Waals surface area contributed by atoms with Crippen molar-refractivity contribution in [3.8, 4) is 5.75 Å². The highest BCUT2D eigenvalue weighted by Crippen LogP contribution is 2.29. The van der Waals surface area contributed by atoms with Crippen LogP contribution in [-0.4, -0.2) is 7.11 Å². The van der Waals surface area contributed by atoms with Gasteiger partial charge in [-0.05, 0) is 12.1 Å². The van der Waals surface area contributed by atoms with Gasteiger partial charge in [0, 0.05) is 0 Å². The zero-order valence-electron chi connectivity index (χ0n) is 6.52. The topological polar surface area (TPSA) is 12.5 Å². The molecule has 0 saturated heterocycles. The van der Waals surface area contributed by atoms with Crippen LogP contribution in [-0.2, 0) is 0 Å². The molecule has 1 rings (SSSR count). The van der Waals surface area contributed by atoms with Crippen molar-refractivity contribution in [2.24, 2.45) is 0 Å². The molecule has 1 aromatic carbocycles. The third kappa shape index (κ3) is 1.88. The van der Waals surface area contributed by atoms with Crippen molar-refractivity contribution < 1.29 is 18.0 Å². The van der Waals surface area contributed by atoms with Crippen molar-refractivity contribution in [3.05, 3.63) is 23.8 Å². The number of anilines is 1. The maximum Gasteiger partial charge on any atom is 0.202 e. The molecule has 1 aromatic rings. The molecule has 0 fully saturated rings. The largest absolute Gasteiger partial charge is 0.494 e. The number of halogens is 4. The smallest absolute Gasteiger partial charge is 0.202 e. The Hall–Kier alpha value is -0.910. The molecule has 13 heavy (non-hydrogen) atoms. The Morgan fingerprint density at radius 2 is 1.92 bits per heavy atom. The van der Waals surface area contributed by atoms with Gasteiger partial charge in [-0.1, -0.05) is 4.48 Å². The normalized spacial score (nSPS) is 9.92. The van der Waals surface area contributed by atoms with E-state index in [4.69, 9.17) is 0 Å². The average Bonchev–Trinajstić information content (AvgIpc) is 2.09. The number of hydrogen-bond acceptors (Lipinski definition) is 2. The maximum atomic E-state index is 12.9. The van der Waals surface area contributed by atoms with Gasteiger partial charge in [-0.2, -0.15) is 4.39 Å². The van der Waals surface area contributed by atoms with Crippen LogP contribution in [0.4, 0.5) is 18.9 Å². The second-order valence-electron chi connectivity index (χ2n) is 2.15. The van der Waals surface area contributed by atoms with Gasteiger partial charge in [0.25, 0.3) is 0 Å². The fourth-order valence-corrected chi connectivity index (χ4v) is 1.08. The molecule has 6 heteroatoms. The van der Waals surface area contributed by atoms with E-state index in [1.54, 1.807) is 0 Å². The molecule has 0 aromatic heterocycles. The molecular formula is C7H5BrF3NO. The fraction of sp³-hybridized carbons (Fsp3) is 0.143. The summed E-state index contributed by atoms with van der Waals surface area (Å²) in [5, 5.41) is 0. The first-order valence-electron chi connectivity index (χ1n) is 3.21. The molecule has 0 N–H and O–H groups in total. The number of nitrogens with zero attached hydrogens (tertiary/aromatic N) is 1. The maximum absolute atomic E-state index is 12.9. The Balaban J connectivity index is 3.23. The van der Waals surface area contributed by atoms with E-state index in [-0.39, 0.29) is 9.90 Å². The van der Waals surface area contributed by atoms with Crippen molar-refractivity contribution in [1.82, 2.24) is 0 Å². The van der Waals surface area contributed by atoms with Crippen molar-refractivity contribution in [2.75, 3.05) is 11.3 Å². The monoisotopic (exact) mass is 255 g/mol. The molecular weight excluding hydrogens is 251 g/mol. The number of rotatable bonds is 2. The van der Waals surface area contributed by atoms with Gasteiger partial charge in [0.05, 0.1) is 23.3 Å². The third-order valence-corrected chi connectivity index (χ3v) is 1.81. The van der Waals surface area contributed by atoms with E-state index in [1.165, 1.54) is 7.11 Å². The van der Waals surface area contributed by atoms with Gasteiger partial charge in [0.1, 0.15) is 5.69 Å². The van der Waals surface area contributed by atoms with Crippen LogP contribution in [0.15, 0.2) is 12.1 Å². The molecule has 0 radical (unpaired) electrons. The van der Waals surface area contributed by atoms with E-state index in [9.17, 15) is 13.3 Å². The third-order valence-electron chi connectivity index (χ3n) is 1.43. The summed E-state index contributed by atoms with van der Waals surface area (Å²) in [7, 11) is 1.19. The Morgan fingerprint density at radius 3 is 2.38 bits per heavy atom. The predicted octanol–water partition coefficient (Wildman–Crippen LogP) is 2.97. The summed E-state index contributed by atoms with van der Waals surface area (Å²) in [5.41, 5.74) is -0.543. The highest BCUT2D eigenvalue weighted by Gasteiger charge is 2.17. The minimum atomic E-state index is -1.31. The molecule has 0 bridgehead atoms. The van der Waals surface area contributed by atoms with E-state index in [0.29, 0.717) is 0 Å².